The third kappa shape index (κ3) is 1.74. The van der Waals surface area contributed by atoms with Crippen LogP contribution in [-0.2, 0) is 4.79 Å². The van der Waals surface area contributed by atoms with Gasteiger partial charge in [-0.15, -0.1) is 0 Å². The number of amides is 1. The fourth-order valence-corrected chi connectivity index (χ4v) is 2.18. The number of fused-ring (bicyclic) bond motifs is 1. The topological polar surface area (TPSA) is 68.8 Å². The van der Waals surface area contributed by atoms with E-state index in [1.165, 1.54) is 0 Å². The van der Waals surface area contributed by atoms with Crippen molar-refractivity contribution in [2.75, 3.05) is 27.0 Å². The number of hydrogen-bond acceptors (Lipinski definition) is 5. The molecule has 2 heterocycles. The lowest BCUT2D eigenvalue weighted by Crippen LogP contribution is -2.47. The predicted octanol–water partition coefficient (Wildman–Crippen LogP) is 0.184. The average molecular weight is 250 g/mol. The van der Waals surface area contributed by atoms with Crippen LogP contribution in [-0.4, -0.2) is 32.9 Å². The van der Waals surface area contributed by atoms with Gasteiger partial charge >= 0.3 is 0 Å². The minimum absolute atomic E-state index is 0.0397. The summed E-state index contributed by atoms with van der Waals surface area (Å²) in [5.74, 6) is 1.75. The number of carbonyl (C=O) groups excluding carboxylic acids is 1. The molecule has 1 amide bonds. The van der Waals surface area contributed by atoms with Crippen molar-refractivity contribution in [1.82, 2.24) is 10.6 Å². The lowest BCUT2D eigenvalue weighted by molar-refractivity contribution is -0.124. The zero-order chi connectivity index (χ0) is 12.5. The molecule has 0 spiro atoms. The van der Waals surface area contributed by atoms with Crippen molar-refractivity contribution in [3.05, 3.63) is 17.7 Å². The fraction of sp³-hybridized carbons (Fsp3) is 0.417. The van der Waals surface area contributed by atoms with Crippen molar-refractivity contribution in [2.45, 2.75) is 6.04 Å². The molecule has 2 N–H and O–H groups in total. The van der Waals surface area contributed by atoms with Crippen LogP contribution in [0.1, 0.15) is 11.6 Å². The van der Waals surface area contributed by atoms with Gasteiger partial charge < -0.3 is 24.8 Å². The Labute approximate surface area is 104 Å². The molecule has 6 nitrogen and oxygen atoms in total. The van der Waals surface area contributed by atoms with E-state index in [-0.39, 0.29) is 18.7 Å². The van der Waals surface area contributed by atoms with Gasteiger partial charge in [0.2, 0.25) is 18.4 Å². The van der Waals surface area contributed by atoms with E-state index < -0.39 is 0 Å². The minimum atomic E-state index is -0.373. The Morgan fingerprint density at radius 1 is 1.33 bits per heavy atom. The highest BCUT2D eigenvalue weighted by molar-refractivity contribution is 5.84. The molecule has 1 aromatic rings. The van der Waals surface area contributed by atoms with E-state index in [1.807, 2.05) is 6.07 Å². The molecule has 1 fully saturated rings. The molecule has 1 unspecified atom stereocenters. The smallest absolute Gasteiger partial charge is 0.241 e. The summed E-state index contributed by atoms with van der Waals surface area (Å²) >= 11 is 0. The van der Waals surface area contributed by atoms with E-state index in [1.54, 1.807) is 13.2 Å². The maximum Gasteiger partial charge on any atom is 0.241 e. The Hall–Kier alpha value is -1.95. The molecule has 96 valence electrons. The van der Waals surface area contributed by atoms with Gasteiger partial charge in [0.25, 0.3) is 0 Å². The van der Waals surface area contributed by atoms with Crippen LogP contribution >= 0.6 is 0 Å². The molecule has 0 aliphatic carbocycles. The highest BCUT2D eigenvalue weighted by atomic mass is 16.7. The summed E-state index contributed by atoms with van der Waals surface area (Å²) in [6.45, 7) is 1.57. The third-order valence-electron chi connectivity index (χ3n) is 3.05. The molecule has 0 saturated carbocycles. The third-order valence-corrected chi connectivity index (χ3v) is 3.05. The first-order valence-electron chi connectivity index (χ1n) is 5.78. The monoisotopic (exact) mass is 250 g/mol. The summed E-state index contributed by atoms with van der Waals surface area (Å²) in [6, 6.07) is 3.24. The highest BCUT2D eigenvalue weighted by Crippen LogP contribution is 2.43. The summed E-state index contributed by atoms with van der Waals surface area (Å²) in [5, 5.41) is 5.99. The Morgan fingerprint density at radius 2 is 2.22 bits per heavy atom. The first-order chi connectivity index (χ1) is 8.79. The van der Waals surface area contributed by atoms with Crippen molar-refractivity contribution in [3.63, 3.8) is 0 Å². The van der Waals surface area contributed by atoms with E-state index in [2.05, 4.69) is 10.6 Å². The number of benzene rings is 1. The fourth-order valence-electron chi connectivity index (χ4n) is 2.18. The number of methoxy groups -OCH3 is 1. The Morgan fingerprint density at radius 3 is 3.00 bits per heavy atom. The number of piperazine rings is 1. The van der Waals surface area contributed by atoms with Gasteiger partial charge in [0.15, 0.2) is 11.5 Å². The molecular formula is C12H14N2O4. The maximum atomic E-state index is 11.8. The van der Waals surface area contributed by atoms with Crippen LogP contribution in [0.15, 0.2) is 12.1 Å². The van der Waals surface area contributed by atoms with Gasteiger partial charge in [-0.05, 0) is 17.7 Å². The SMILES string of the molecule is COc1cc(C2NCCNC2=O)cc2c1OCO2. The van der Waals surface area contributed by atoms with Gasteiger partial charge in [-0.3, -0.25) is 4.79 Å². The number of hydrogen-bond donors (Lipinski definition) is 2. The summed E-state index contributed by atoms with van der Waals surface area (Å²) in [7, 11) is 1.56. The molecule has 0 radical (unpaired) electrons. The minimum Gasteiger partial charge on any atom is -0.493 e. The largest absolute Gasteiger partial charge is 0.493 e. The second-order valence-corrected chi connectivity index (χ2v) is 4.14. The number of rotatable bonds is 2. The Kier molecular flexibility index (Phi) is 2.71. The van der Waals surface area contributed by atoms with Crippen LogP contribution in [0.2, 0.25) is 0 Å². The quantitative estimate of drug-likeness (QED) is 0.784. The molecule has 1 saturated heterocycles. The normalized spacial score (nSPS) is 21.6. The van der Waals surface area contributed by atoms with Crippen molar-refractivity contribution in [1.29, 1.82) is 0 Å². The first kappa shape index (κ1) is 11.2. The molecule has 0 bridgehead atoms. The first-order valence-corrected chi connectivity index (χ1v) is 5.78. The standard InChI is InChI=1S/C12H14N2O4/c1-16-8-4-7(5-9-11(8)18-6-17-9)10-12(15)14-3-2-13-10/h4-5,10,13H,2-3,6H2,1H3,(H,14,15). The van der Waals surface area contributed by atoms with Crippen LogP contribution < -0.4 is 24.8 Å². The lowest BCUT2D eigenvalue weighted by atomic mass is 10.0. The molecule has 0 aromatic heterocycles. The van der Waals surface area contributed by atoms with Crippen LogP contribution in [0.25, 0.3) is 0 Å². The van der Waals surface area contributed by atoms with Gasteiger partial charge in [0, 0.05) is 13.1 Å². The zero-order valence-electron chi connectivity index (χ0n) is 9.99. The van der Waals surface area contributed by atoms with E-state index in [0.717, 1.165) is 12.1 Å². The average Bonchev–Trinajstić information content (AvgIpc) is 2.86. The number of carbonyl (C=O) groups is 1. The number of ether oxygens (including phenoxy) is 3. The van der Waals surface area contributed by atoms with Gasteiger partial charge in [-0.2, -0.15) is 0 Å². The van der Waals surface area contributed by atoms with E-state index in [4.69, 9.17) is 14.2 Å². The lowest BCUT2D eigenvalue weighted by Gasteiger charge is -2.24. The van der Waals surface area contributed by atoms with Crippen molar-refractivity contribution < 1.29 is 19.0 Å². The van der Waals surface area contributed by atoms with E-state index >= 15 is 0 Å². The molecule has 1 aromatic carbocycles. The maximum absolute atomic E-state index is 11.8. The summed E-state index contributed by atoms with van der Waals surface area (Å²) < 4.78 is 15.9. The van der Waals surface area contributed by atoms with Gasteiger partial charge in [0.05, 0.1) is 7.11 Å². The second kappa shape index (κ2) is 4.38. The van der Waals surface area contributed by atoms with E-state index in [0.29, 0.717) is 23.8 Å². The molecule has 2 aliphatic heterocycles. The second-order valence-electron chi connectivity index (χ2n) is 4.14. The Balaban J connectivity index is 1.99. The summed E-state index contributed by atoms with van der Waals surface area (Å²) in [4.78, 5) is 11.8. The molecule has 18 heavy (non-hydrogen) atoms. The van der Waals surface area contributed by atoms with Crippen molar-refractivity contribution in [2.24, 2.45) is 0 Å². The highest BCUT2D eigenvalue weighted by Gasteiger charge is 2.28. The van der Waals surface area contributed by atoms with Crippen LogP contribution in [0.4, 0.5) is 0 Å². The van der Waals surface area contributed by atoms with Crippen LogP contribution in [0.5, 0.6) is 17.2 Å². The molecular weight excluding hydrogens is 236 g/mol. The van der Waals surface area contributed by atoms with Crippen molar-refractivity contribution >= 4 is 5.91 Å². The summed E-state index contributed by atoms with van der Waals surface area (Å²) in [6.07, 6.45) is 0. The number of nitrogens with one attached hydrogen (secondary N) is 2. The van der Waals surface area contributed by atoms with Gasteiger partial charge in [-0.25, -0.2) is 0 Å². The predicted molar refractivity (Wildman–Crippen MR) is 62.9 cm³/mol. The van der Waals surface area contributed by atoms with Crippen LogP contribution in [0.3, 0.4) is 0 Å². The molecule has 6 heteroatoms. The van der Waals surface area contributed by atoms with Gasteiger partial charge in [-0.1, -0.05) is 0 Å². The zero-order valence-corrected chi connectivity index (χ0v) is 9.99. The van der Waals surface area contributed by atoms with Gasteiger partial charge in [0.1, 0.15) is 6.04 Å². The molecule has 2 aliphatic rings. The molecule has 1 atom stereocenters. The molecule has 3 rings (SSSR count). The Bertz CT molecular complexity index is 489. The van der Waals surface area contributed by atoms with Crippen LogP contribution in [0, 0.1) is 0 Å². The summed E-state index contributed by atoms with van der Waals surface area (Å²) in [5.41, 5.74) is 0.813. The van der Waals surface area contributed by atoms with E-state index in [9.17, 15) is 4.79 Å². The van der Waals surface area contributed by atoms with Crippen molar-refractivity contribution in [3.8, 4) is 17.2 Å².